The van der Waals surface area contributed by atoms with Crippen LogP contribution in [0.1, 0.15) is 35.3 Å². The van der Waals surface area contributed by atoms with Crippen LogP contribution in [-0.4, -0.2) is 29.0 Å². The molecule has 3 heterocycles. The Hall–Kier alpha value is -1.58. The van der Waals surface area contributed by atoms with E-state index in [2.05, 4.69) is 15.6 Å². The molecule has 0 aliphatic carbocycles. The van der Waals surface area contributed by atoms with Crippen molar-refractivity contribution < 1.29 is 18.0 Å². The topological polar surface area (TPSA) is 54.0 Å². The lowest BCUT2D eigenvalue weighted by Crippen LogP contribution is -2.42. The number of amides is 1. The first kappa shape index (κ1) is 17.8. The van der Waals surface area contributed by atoms with Crippen LogP contribution in [0.5, 0.6) is 0 Å². The summed E-state index contributed by atoms with van der Waals surface area (Å²) in [5, 5.41) is 7.56. The van der Waals surface area contributed by atoms with Gasteiger partial charge in [0, 0.05) is 34.0 Å². The van der Waals surface area contributed by atoms with Gasteiger partial charge >= 0.3 is 6.18 Å². The van der Waals surface area contributed by atoms with Gasteiger partial charge in [-0.2, -0.15) is 13.2 Å². The third-order valence-electron chi connectivity index (χ3n) is 4.71. The number of aromatic nitrogens is 1. The highest BCUT2D eigenvalue weighted by molar-refractivity contribution is 8.01. The summed E-state index contributed by atoms with van der Waals surface area (Å²) in [7, 11) is 0. The average Bonchev–Trinajstić information content (AvgIpc) is 3.31. The van der Waals surface area contributed by atoms with Crippen LogP contribution < -0.4 is 10.6 Å². The minimum atomic E-state index is -4.42. The van der Waals surface area contributed by atoms with E-state index < -0.39 is 11.9 Å². The summed E-state index contributed by atoms with van der Waals surface area (Å²) in [6.07, 6.45) is -1.18. The lowest BCUT2D eigenvalue weighted by atomic mass is 9.95. The Bertz CT molecular complexity index is 806. The van der Waals surface area contributed by atoms with Gasteiger partial charge in [-0.15, -0.1) is 11.3 Å². The van der Waals surface area contributed by atoms with E-state index in [1.807, 2.05) is 0 Å². The van der Waals surface area contributed by atoms with Gasteiger partial charge in [-0.1, -0.05) is 11.8 Å². The highest BCUT2D eigenvalue weighted by Gasteiger charge is 2.39. The molecule has 1 amide bonds. The van der Waals surface area contributed by atoms with Crippen molar-refractivity contribution in [2.75, 3.05) is 0 Å². The normalized spacial score (nSPS) is 24.8. The van der Waals surface area contributed by atoms with Crippen LogP contribution in [0.4, 0.5) is 13.2 Å². The Morgan fingerprint density at radius 3 is 2.62 bits per heavy atom. The summed E-state index contributed by atoms with van der Waals surface area (Å²) < 4.78 is 38.1. The van der Waals surface area contributed by atoms with Gasteiger partial charge in [0.15, 0.2) is 10.0 Å². The number of nitrogens with zero attached hydrogens (tertiary/aromatic N) is 1. The number of hydrogen-bond donors (Lipinski definition) is 2. The highest BCUT2D eigenvalue weighted by atomic mass is 32.2. The fraction of sp³-hybridized carbons (Fsp3) is 0.412. The molecule has 2 N–H and O–H groups in total. The minimum Gasteiger partial charge on any atom is -0.348 e. The van der Waals surface area contributed by atoms with E-state index in [9.17, 15) is 18.0 Å². The van der Waals surface area contributed by atoms with Gasteiger partial charge in [-0.3, -0.25) is 4.79 Å². The standard InChI is InChI=1S/C17H16F3N3OS2/c18-17(19,20)14-8-25-16(23-14)26-11-4-1-9(2-5-11)15(24)22-13-7-10-3-6-12(13)21-10/h1-2,4-5,8,10,12-13,21H,3,6-7H2,(H,22,24)/t10-,12+,13-/m1/s1. The second-order valence-electron chi connectivity index (χ2n) is 6.49. The van der Waals surface area contributed by atoms with Crippen LogP contribution in [0.15, 0.2) is 38.9 Å². The zero-order valence-corrected chi connectivity index (χ0v) is 15.2. The second kappa shape index (κ2) is 6.86. The number of carbonyl (C=O) groups excluding carboxylic acids is 1. The molecule has 26 heavy (non-hydrogen) atoms. The Morgan fingerprint density at radius 2 is 2.04 bits per heavy atom. The fourth-order valence-corrected chi connectivity index (χ4v) is 5.24. The first-order valence-corrected chi connectivity index (χ1v) is 9.95. The third-order valence-corrected chi connectivity index (χ3v) is 6.66. The summed E-state index contributed by atoms with van der Waals surface area (Å²) in [6, 6.07) is 7.90. The van der Waals surface area contributed by atoms with Crippen molar-refractivity contribution in [2.24, 2.45) is 0 Å². The number of alkyl halides is 3. The maximum atomic E-state index is 12.6. The molecule has 2 aliphatic heterocycles. The molecule has 3 atom stereocenters. The molecule has 0 radical (unpaired) electrons. The Kier molecular flexibility index (Phi) is 4.70. The quantitative estimate of drug-likeness (QED) is 0.818. The monoisotopic (exact) mass is 399 g/mol. The summed E-state index contributed by atoms with van der Waals surface area (Å²) in [6.45, 7) is 0. The molecule has 9 heteroatoms. The van der Waals surface area contributed by atoms with Crippen molar-refractivity contribution in [2.45, 2.75) is 52.8 Å². The molecule has 1 aromatic heterocycles. The van der Waals surface area contributed by atoms with E-state index in [-0.39, 0.29) is 11.9 Å². The predicted molar refractivity (Wildman–Crippen MR) is 93.5 cm³/mol. The SMILES string of the molecule is O=C(N[C@@H]1C[C@H]2CC[C@@H]1N2)c1ccc(Sc2nc(C(F)(F)F)cs2)cc1. The van der Waals surface area contributed by atoms with E-state index in [1.165, 1.54) is 6.42 Å². The maximum Gasteiger partial charge on any atom is 0.434 e. The number of thiazole rings is 1. The van der Waals surface area contributed by atoms with Gasteiger partial charge in [0.05, 0.1) is 0 Å². The molecule has 0 saturated carbocycles. The lowest BCUT2D eigenvalue weighted by molar-refractivity contribution is -0.141. The van der Waals surface area contributed by atoms with Crippen molar-refractivity contribution in [1.82, 2.24) is 15.6 Å². The lowest BCUT2D eigenvalue weighted by Gasteiger charge is -2.21. The van der Waals surface area contributed by atoms with Crippen LogP contribution in [-0.2, 0) is 6.18 Å². The van der Waals surface area contributed by atoms with Crippen LogP contribution >= 0.6 is 23.1 Å². The zero-order valence-electron chi connectivity index (χ0n) is 13.5. The van der Waals surface area contributed by atoms with Gasteiger partial charge < -0.3 is 10.6 Å². The smallest absolute Gasteiger partial charge is 0.348 e. The molecule has 2 aromatic rings. The zero-order chi connectivity index (χ0) is 18.3. The molecule has 1 aromatic carbocycles. The number of halogens is 3. The van der Waals surface area contributed by atoms with Gasteiger partial charge in [0.25, 0.3) is 5.91 Å². The molecule has 4 rings (SSSR count). The molecule has 2 fully saturated rings. The number of carbonyl (C=O) groups is 1. The third kappa shape index (κ3) is 3.74. The highest BCUT2D eigenvalue weighted by Crippen LogP contribution is 2.36. The molecule has 138 valence electrons. The second-order valence-corrected chi connectivity index (χ2v) is 8.66. The molecule has 0 unspecified atom stereocenters. The first-order chi connectivity index (χ1) is 12.4. The van der Waals surface area contributed by atoms with Crippen molar-refractivity contribution in [1.29, 1.82) is 0 Å². The van der Waals surface area contributed by atoms with Crippen molar-refractivity contribution in [3.8, 4) is 0 Å². The first-order valence-electron chi connectivity index (χ1n) is 8.26. The molecular weight excluding hydrogens is 383 g/mol. The largest absolute Gasteiger partial charge is 0.434 e. The van der Waals surface area contributed by atoms with Crippen LogP contribution in [0.2, 0.25) is 0 Å². The van der Waals surface area contributed by atoms with Crippen LogP contribution in [0, 0.1) is 0 Å². The molecular formula is C17H16F3N3OS2. The van der Waals surface area contributed by atoms with E-state index in [0.717, 1.165) is 46.2 Å². The average molecular weight is 399 g/mol. The predicted octanol–water partition coefficient (Wildman–Crippen LogP) is 3.94. The summed E-state index contributed by atoms with van der Waals surface area (Å²) >= 11 is 2.11. The maximum absolute atomic E-state index is 12.6. The van der Waals surface area contributed by atoms with Crippen molar-refractivity contribution >= 4 is 29.0 Å². The van der Waals surface area contributed by atoms with Crippen molar-refractivity contribution in [3.63, 3.8) is 0 Å². The van der Waals surface area contributed by atoms with Crippen molar-refractivity contribution in [3.05, 3.63) is 40.9 Å². The molecule has 4 nitrogen and oxygen atoms in total. The molecule has 0 spiro atoms. The summed E-state index contributed by atoms with van der Waals surface area (Å²) in [5.41, 5.74) is -0.326. The fourth-order valence-electron chi connectivity index (χ4n) is 3.44. The molecule has 2 saturated heterocycles. The molecule has 2 bridgehead atoms. The Morgan fingerprint density at radius 1 is 1.27 bits per heavy atom. The Balaban J connectivity index is 1.37. The number of benzene rings is 1. The van der Waals surface area contributed by atoms with E-state index in [1.54, 1.807) is 24.3 Å². The summed E-state index contributed by atoms with van der Waals surface area (Å²) in [5.74, 6) is -0.116. The number of rotatable bonds is 4. The van der Waals surface area contributed by atoms with Gasteiger partial charge in [-0.05, 0) is 43.5 Å². The van der Waals surface area contributed by atoms with E-state index in [0.29, 0.717) is 22.0 Å². The van der Waals surface area contributed by atoms with Gasteiger partial charge in [-0.25, -0.2) is 4.98 Å². The Labute approximate surface area is 156 Å². The van der Waals surface area contributed by atoms with E-state index in [4.69, 9.17) is 0 Å². The number of fused-ring (bicyclic) bond motifs is 2. The summed E-state index contributed by atoms with van der Waals surface area (Å²) in [4.78, 5) is 16.7. The van der Waals surface area contributed by atoms with Crippen LogP contribution in [0.3, 0.4) is 0 Å². The van der Waals surface area contributed by atoms with Crippen LogP contribution in [0.25, 0.3) is 0 Å². The van der Waals surface area contributed by atoms with Gasteiger partial charge in [0.1, 0.15) is 0 Å². The van der Waals surface area contributed by atoms with Gasteiger partial charge in [0.2, 0.25) is 0 Å². The minimum absolute atomic E-state index is 0.116. The van der Waals surface area contributed by atoms with E-state index >= 15 is 0 Å². The molecule has 2 aliphatic rings. The number of hydrogen-bond acceptors (Lipinski definition) is 5. The number of nitrogens with one attached hydrogen (secondary N) is 2.